The summed E-state index contributed by atoms with van der Waals surface area (Å²) in [5, 5.41) is 8.10. The van der Waals surface area contributed by atoms with E-state index < -0.39 is 0 Å². The van der Waals surface area contributed by atoms with Crippen LogP contribution in [0.5, 0.6) is 0 Å². The van der Waals surface area contributed by atoms with Gasteiger partial charge in [-0.15, -0.1) is 10.2 Å². The lowest BCUT2D eigenvalue weighted by molar-refractivity contribution is 0.498. The molecule has 1 fully saturated rings. The van der Waals surface area contributed by atoms with E-state index in [4.69, 9.17) is 0 Å². The molecule has 3 nitrogen and oxygen atoms in total. The molecule has 1 aromatic rings. The topological polar surface area (TPSA) is 30.7 Å². The van der Waals surface area contributed by atoms with Gasteiger partial charge in [-0.2, -0.15) is 0 Å². The monoisotopic (exact) mass is 213 g/mol. The van der Waals surface area contributed by atoms with Crippen molar-refractivity contribution in [2.45, 2.75) is 31.2 Å². The lowest BCUT2D eigenvalue weighted by atomic mass is 10.2. The third-order valence-corrected chi connectivity index (χ3v) is 3.32. The van der Waals surface area contributed by atoms with Crippen molar-refractivity contribution in [3.63, 3.8) is 0 Å². The minimum Gasteiger partial charge on any atom is -0.299 e. The van der Waals surface area contributed by atoms with E-state index in [1.165, 1.54) is 19.3 Å². The van der Waals surface area contributed by atoms with Crippen LogP contribution in [0.4, 0.5) is 0 Å². The molecule has 58 valence electrons. The zero-order valence-corrected chi connectivity index (χ0v) is 7.63. The Labute approximate surface area is 72.9 Å². The molecule has 0 bridgehead atoms. The van der Waals surface area contributed by atoms with E-state index in [1.54, 1.807) is 0 Å². The van der Waals surface area contributed by atoms with E-state index in [1.807, 2.05) is 0 Å². The van der Waals surface area contributed by atoms with Crippen LogP contribution in [0.15, 0.2) is 4.73 Å². The summed E-state index contributed by atoms with van der Waals surface area (Å²) in [6.45, 7) is 0. The maximum atomic E-state index is 4.10. The van der Waals surface area contributed by atoms with Gasteiger partial charge in [-0.25, -0.2) is 0 Å². The van der Waals surface area contributed by atoms with E-state index >= 15 is 0 Å². The van der Waals surface area contributed by atoms with E-state index in [0.717, 1.165) is 17.0 Å². The standard InChI is InChI=1S/C7H8BrN3/c8-6-10-9-5-1-2-7(3-4-7)11(5)6/h1-4H2. The van der Waals surface area contributed by atoms with Crippen LogP contribution in [-0.4, -0.2) is 14.8 Å². The van der Waals surface area contributed by atoms with Gasteiger partial charge in [0, 0.05) is 12.0 Å². The molecule has 2 heterocycles. The fraction of sp³-hybridized carbons (Fsp3) is 0.714. The predicted octanol–water partition coefficient (Wildman–Crippen LogP) is 1.48. The lowest BCUT2D eigenvalue weighted by Crippen LogP contribution is -2.11. The van der Waals surface area contributed by atoms with Gasteiger partial charge in [0.2, 0.25) is 4.73 Å². The largest absolute Gasteiger partial charge is 0.299 e. The summed E-state index contributed by atoms with van der Waals surface area (Å²) in [7, 11) is 0. The highest BCUT2D eigenvalue weighted by atomic mass is 79.9. The van der Waals surface area contributed by atoms with E-state index in [0.29, 0.717) is 5.54 Å². The highest BCUT2D eigenvalue weighted by Crippen LogP contribution is 2.52. The van der Waals surface area contributed by atoms with Crippen molar-refractivity contribution >= 4 is 15.9 Å². The molecular weight excluding hydrogens is 206 g/mol. The van der Waals surface area contributed by atoms with Crippen LogP contribution in [0, 0.1) is 0 Å². The van der Waals surface area contributed by atoms with Crippen LogP contribution in [0.25, 0.3) is 0 Å². The van der Waals surface area contributed by atoms with Gasteiger partial charge in [0.25, 0.3) is 0 Å². The number of halogens is 1. The summed E-state index contributed by atoms with van der Waals surface area (Å²) in [5.74, 6) is 1.16. The molecule has 1 aliphatic carbocycles. The Morgan fingerprint density at radius 2 is 2.09 bits per heavy atom. The van der Waals surface area contributed by atoms with Crippen LogP contribution in [-0.2, 0) is 12.0 Å². The zero-order valence-electron chi connectivity index (χ0n) is 6.05. The van der Waals surface area contributed by atoms with E-state index in [-0.39, 0.29) is 0 Å². The highest BCUT2D eigenvalue weighted by Gasteiger charge is 2.50. The summed E-state index contributed by atoms with van der Waals surface area (Å²) >= 11 is 3.42. The van der Waals surface area contributed by atoms with E-state index in [9.17, 15) is 0 Å². The Morgan fingerprint density at radius 1 is 1.27 bits per heavy atom. The summed E-state index contributed by atoms with van der Waals surface area (Å²) in [6.07, 6.45) is 5.02. The van der Waals surface area contributed by atoms with Crippen molar-refractivity contribution in [3.8, 4) is 0 Å². The quantitative estimate of drug-likeness (QED) is 0.654. The van der Waals surface area contributed by atoms with Crippen molar-refractivity contribution in [1.82, 2.24) is 14.8 Å². The van der Waals surface area contributed by atoms with Gasteiger partial charge in [-0.05, 0) is 35.2 Å². The van der Waals surface area contributed by atoms with Gasteiger partial charge >= 0.3 is 0 Å². The second-order valence-corrected chi connectivity index (χ2v) is 4.15. The van der Waals surface area contributed by atoms with Crippen LogP contribution in [0.3, 0.4) is 0 Å². The number of fused-ring (bicyclic) bond motifs is 2. The van der Waals surface area contributed by atoms with Crippen LogP contribution in [0.2, 0.25) is 0 Å². The Morgan fingerprint density at radius 3 is 2.82 bits per heavy atom. The SMILES string of the molecule is Brc1nnc2n1C1(CC2)CC1. The second kappa shape index (κ2) is 1.68. The molecule has 2 aliphatic rings. The second-order valence-electron chi connectivity index (χ2n) is 3.45. The third kappa shape index (κ3) is 0.637. The number of hydrogen-bond acceptors (Lipinski definition) is 2. The van der Waals surface area contributed by atoms with Crippen molar-refractivity contribution in [2.24, 2.45) is 0 Å². The molecule has 1 aliphatic heterocycles. The number of aromatic nitrogens is 3. The number of hydrogen-bond donors (Lipinski definition) is 0. The first-order valence-electron chi connectivity index (χ1n) is 3.92. The number of rotatable bonds is 0. The van der Waals surface area contributed by atoms with Crippen molar-refractivity contribution < 1.29 is 0 Å². The first-order valence-corrected chi connectivity index (χ1v) is 4.71. The molecule has 3 rings (SSSR count). The van der Waals surface area contributed by atoms with Gasteiger partial charge in [-0.3, -0.25) is 4.57 Å². The Bertz CT molecular complexity index is 313. The highest BCUT2D eigenvalue weighted by molar-refractivity contribution is 9.10. The number of nitrogens with zero attached hydrogens (tertiary/aromatic N) is 3. The normalized spacial score (nSPS) is 24.1. The molecule has 0 radical (unpaired) electrons. The van der Waals surface area contributed by atoms with Crippen LogP contribution < -0.4 is 0 Å². The predicted molar refractivity (Wildman–Crippen MR) is 43.3 cm³/mol. The first kappa shape index (κ1) is 6.17. The average Bonchev–Trinajstić information content (AvgIpc) is 2.51. The summed E-state index contributed by atoms with van der Waals surface area (Å²) in [4.78, 5) is 0. The maximum Gasteiger partial charge on any atom is 0.200 e. The fourth-order valence-corrected chi connectivity index (χ4v) is 2.66. The molecule has 1 saturated carbocycles. The van der Waals surface area contributed by atoms with Crippen molar-refractivity contribution in [3.05, 3.63) is 10.6 Å². The lowest BCUT2D eigenvalue weighted by Gasteiger charge is -2.08. The summed E-state index contributed by atoms with van der Waals surface area (Å²) < 4.78 is 3.19. The molecule has 0 atom stereocenters. The molecule has 0 unspecified atom stereocenters. The van der Waals surface area contributed by atoms with Crippen molar-refractivity contribution in [1.29, 1.82) is 0 Å². The van der Waals surface area contributed by atoms with Gasteiger partial charge in [-0.1, -0.05) is 0 Å². The molecule has 0 amide bonds. The van der Waals surface area contributed by atoms with Crippen molar-refractivity contribution in [2.75, 3.05) is 0 Å². The van der Waals surface area contributed by atoms with Gasteiger partial charge in [0.05, 0.1) is 0 Å². The Hall–Kier alpha value is -0.380. The smallest absolute Gasteiger partial charge is 0.200 e. The minimum absolute atomic E-state index is 0.442. The molecule has 0 N–H and O–H groups in total. The average molecular weight is 214 g/mol. The molecule has 1 aromatic heterocycles. The molecular formula is C7H8BrN3. The minimum atomic E-state index is 0.442. The van der Waals surface area contributed by atoms with E-state index in [2.05, 4.69) is 30.7 Å². The Kier molecular flexibility index (Phi) is 0.943. The Balaban J connectivity index is 2.25. The van der Waals surface area contributed by atoms with Gasteiger partial charge in [0.15, 0.2) is 0 Å². The van der Waals surface area contributed by atoms with Crippen LogP contribution in [0.1, 0.15) is 25.1 Å². The van der Waals surface area contributed by atoms with Gasteiger partial charge in [0.1, 0.15) is 5.82 Å². The maximum absolute atomic E-state index is 4.10. The molecule has 0 saturated heterocycles. The zero-order chi connectivity index (χ0) is 7.47. The van der Waals surface area contributed by atoms with Crippen LogP contribution >= 0.6 is 15.9 Å². The third-order valence-electron chi connectivity index (χ3n) is 2.81. The fourth-order valence-electron chi connectivity index (χ4n) is 2.00. The van der Waals surface area contributed by atoms with Gasteiger partial charge < -0.3 is 0 Å². The summed E-state index contributed by atoms with van der Waals surface area (Å²) in [5.41, 5.74) is 0.442. The summed E-state index contributed by atoms with van der Waals surface area (Å²) in [6, 6.07) is 0. The molecule has 0 aromatic carbocycles. The molecule has 4 heteroatoms. The molecule has 1 spiro atoms. The first-order chi connectivity index (χ1) is 5.32. The molecule has 11 heavy (non-hydrogen) atoms. The number of aryl methyl sites for hydroxylation is 1.